The van der Waals surface area contributed by atoms with Gasteiger partial charge in [-0.3, -0.25) is 0 Å². The van der Waals surface area contributed by atoms with E-state index in [9.17, 15) is 9.18 Å². The molecule has 0 aromatic heterocycles. The molecule has 1 aromatic carbocycles. The van der Waals surface area contributed by atoms with Crippen LogP contribution in [0, 0.1) is 5.82 Å². The summed E-state index contributed by atoms with van der Waals surface area (Å²) in [7, 11) is 1.85. The molecular weight excluding hydrogens is 233 g/mol. The molecule has 3 nitrogen and oxygen atoms in total. The van der Waals surface area contributed by atoms with Crippen LogP contribution in [0.5, 0.6) is 5.75 Å². The van der Waals surface area contributed by atoms with Gasteiger partial charge in [-0.2, -0.15) is 0 Å². The lowest BCUT2D eigenvalue weighted by molar-refractivity contribution is -0.116. The number of ether oxygens (including phenoxy) is 1. The first-order valence-electron chi connectivity index (χ1n) is 6.12. The summed E-state index contributed by atoms with van der Waals surface area (Å²) >= 11 is 0. The van der Waals surface area contributed by atoms with Crippen LogP contribution in [0.3, 0.4) is 0 Å². The Labute approximate surface area is 107 Å². The fourth-order valence-electron chi connectivity index (χ4n) is 1.69. The fraction of sp³-hybridized carbons (Fsp3) is 0.500. The van der Waals surface area contributed by atoms with E-state index in [4.69, 9.17) is 4.74 Å². The van der Waals surface area contributed by atoms with E-state index in [0.29, 0.717) is 24.2 Å². The fourth-order valence-corrected chi connectivity index (χ4v) is 1.69. The number of Topliss-reactive ketones (excluding diaryl/α,β-unsaturated/α-hetero) is 1. The maximum atomic E-state index is 13.5. The third-order valence-electron chi connectivity index (χ3n) is 2.59. The molecule has 1 atom stereocenters. The number of halogens is 1. The highest BCUT2D eigenvalue weighted by atomic mass is 19.1. The average molecular weight is 253 g/mol. The van der Waals surface area contributed by atoms with E-state index in [1.165, 1.54) is 13.0 Å². The molecule has 0 aliphatic rings. The van der Waals surface area contributed by atoms with Crippen LogP contribution in [0.25, 0.3) is 0 Å². The molecule has 1 aromatic rings. The van der Waals surface area contributed by atoms with Crippen molar-refractivity contribution in [3.63, 3.8) is 0 Å². The first-order valence-corrected chi connectivity index (χ1v) is 6.12. The third kappa shape index (κ3) is 4.84. The van der Waals surface area contributed by atoms with Crippen molar-refractivity contribution in [2.24, 2.45) is 0 Å². The largest absolute Gasteiger partial charge is 0.489 e. The number of carbonyl (C=O) groups excluding carboxylic acids is 1. The minimum Gasteiger partial charge on any atom is -0.489 e. The van der Waals surface area contributed by atoms with E-state index in [0.717, 1.165) is 6.54 Å². The van der Waals surface area contributed by atoms with Crippen molar-refractivity contribution in [3.05, 3.63) is 29.6 Å². The van der Waals surface area contributed by atoms with Gasteiger partial charge in [0.25, 0.3) is 0 Å². The van der Waals surface area contributed by atoms with Gasteiger partial charge >= 0.3 is 0 Å². The van der Waals surface area contributed by atoms with Crippen molar-refractivity contribution in [3.8, 4) is 5.75 Å². The van der Waals surface area contributed by atoms with Gasteiger partial charge in [0.15, 0.2) is 0 Å². The van der Waals surface area contributed by atoms with Crippen LogP contribution in [0.15, 0.2) is 18.2 Å². The summed E-state index contributed by atoms with van der Waals surface area (Å²) < 4.78 is 19.2. The van der Waals surface area contributed by atoms with E-state index in [1.54, 1.807) is 12.1 Å². The van der Waals surface area contributed by atoms with Gasteiger partial charge < -0.3 is 14.8 Å². The molecule has 0 bridgehead atoms. The number of ketones is 1. The van der Waals surface area contributed by atoms with Crippen LogP contribution in [0.1, 0.15) is 25.8 Å². The first-order chi connectivity index (χ1) is 8.52. The summed E-state index contributed by atoms with van der Waals surface area (Å²) in [5, 5.41) is 3.01. The van der Waals surface area contributed by atoms with E-state index in [2.05, 4.69) is 5.32 Å². The van der Waals surface area contributed by atoms with Crippen LogP contribution < -0.4 is 10.1 Å². The van der Waals surface area contributed by atoms with Crippen LogP contribution in [-0.2, 0) is 11.2 Å². The summed E-state index contributed by atoms with van der Waals surface area (Å²) in [5.74, 6) is 0.409. The third-order valence-corrected chi connectivity index (χ3v) is 2.59. The number of rotatable bonds is 7. The van der Waals surface area contributed by atoms with E-state index in [-0.39, 0.29) is 17.7 Å². The van der Waals surface area contributed by atoms with Gasteiger partial charge in [0, 0.05) is 13.0 Å². The predicted octanol–water partition coefficient (Wildman–Crippen LogP) is 2.33. The van der Waals surface area contributed by atoms with Crippen LogP contribution in [0.4, 0.5) is 4.39 Å². The summed E-state index contributed by atoms with van der Waals surface area (Å²) in [6.45, 7) is 4.17. The van der Waals surface area contributed by atoms with Crippen molar-refractivity contribution in [1.29, 1.82) is 0 Å². The molecule has 1 N–H and O–H groups in total. The number of benzene rings is 1. The molecule has 100 valence electrons. The van der Waals surface area contributed by atoms with E-state index < -0.39 is 0 Å². The van der Waals surface area contributed by atoms with Crippen molar-refractivity contribution in [2.45, 2.75) is 32.8 Å². The highest BCUT2D eigenvalue weighted by Gasteiger charge is 2.08. The van der Waals surface area contributed by atoms with Crippen molar-refractivity contribution in [2.75, 3.05) is 13.6 Å². The Morgan fingerprint density at radius 2 is 2.22 bits per heavy atom. The molecule has 18 heavy (non-hydrogen) atoms. The molecule has 0 heterocycles. The normalized spacial score (nSPS) is 12.2. The number of aryl methyl sites for hydroxylation is 1. The molecule has 0 aliphatic carbocycles. The molecule has 0 spiro atoms. The Balaban J connectivity index is 2.70. The van der Waals surface area contributed by atoms with Crippen LogP contribution >= 0.6 is 0 Å². The predicted molar refractivity (Wildman–Crippen MR) is 69.4 cm³/mol. The van der Waals surface area contributed by atoms with Crippen molar-refractivity contribution < 1.29 is 13.9 Å². The minimum atomic E-state index is -0.287. The topological polar surface area (TPSA) is 38.3 Å². The zero-order chi connectivity index (χ0) is 13.5. The second-order valence-corrected chi connectivity index (χ2v) is 4.44. The van der Waals surface area contributed by atoms with Gasteiger partial charge in [-0.15, -0.1) is 0 Å². The number of hydrogen-bond donors (Lipinski definition) is 1. The highest BCUT2D eigenvalue weighted by molar-refractivity contribution is 5.75. The Kier molecular flexibility index (Phi) is 5.78. The summed E-state index contributed by atoms with van der Waals surface area (Å²) in [6, 6.07) is 4.67. The summed E-state index contributed by atoms with van der Waals surface area (Å²) in [5.41, 5.74) is 0.527. The molecule has 0 amide bonds. The Hall–Kier alpha value is -1.42. The molecule has 1 rings (SSSR count). The van der Waals surface area contributed by atoms with E-state index >= 15 is 0 Å². The van der Waals surface area contributed by atoms with Gasteiger partial charge in [-0.05, 0) is 51.1 Å². The number of likely N-dealkylation sites (N-methyl/N-ethyl adjacent to an activating group) is 1. The Morgan fingerprint density at radius 3 is 2.83 bits per heavy atom. The first kappa shape index (κ1) is 14.6. The summed E-state index contributed by atoms with van der Waals surface area (Å²) in [6.07, 6.45) is 0.784. The molecule has 0 saturated heterocycles. The standard InChI is InChI=1S/C14H20FNO2/c1-10(17)4-5-12-8-13(6-7-14(12)15)18-11(2)9-16-3/h6-8,11,16H,4-5,9H2,1-3H3. The molecule has 1 unspecified atom stereocenters. The molecule has 0 saturated carbocycles. The number of hydrogen-bond acceptors (Lipinski definition) is 3. The number of carbonyl (C=O) groups is 1. The van der Waals surface area contributed by atoms with Crippen LogP contribution in [0.2, 0.25) is 0 Å². The zero-order valence-electron chi connectivity index (χ0n) is 11.1. The van der Waals surface area contributed by atoms with Gasteiger partial charge in [0.2, 0.25) is 0 Å². The van der Waals surface area contributed by atoms with Gasteiger partial charge in [-0.25, -0.2) is 4.39 Å². The lowest BCUT2D eigenvalue weighted by Gasteiger charge is -2.15. The highest BCUT2D eigenvalue weighted by Crippen LogP contribution is 2.19. The Bertz CT molecular complexity index is 407. The lowest BCUT2D eigenvalue weighted by Crippen LogP contribution is -2.26. The molecule has 4 heteroatoms. The quantitative estimate of drug-likeness (QED) is 0.810. The molecule has 0 fully saturated rings. The van der Waals surface area contributed by atoms with Gasteiger partial charge in [0.1, 0.15) is 23.5 Å². The van der Waals surface area contributed by atoms with Gasteiger partial charge in [0.05, 0.1) is 0 Å². The van der Waals surface area contributed by atoms with E-state index in [1.807, 2.05) is 14.0 Å². The SMILES string of the molecule is CNCC(C)Oc1ccc(F)c(CCC(C)=O)c1. The monoisotopic (exact) mass is 253 g/mol. The smallest absolute Gasteiger partial charge is 0.130 e. The molecule has 0 aliphatic heterocycles. The zero-order valence-corrected chi connectivity index (χ0v) is 11.1. The molecular formula is C14H20FNO2. The second-order valence-electron chi connectivity index (χ2n) is 4.44. The van der Waals surface area contributed by atoms with Crippen molar-refractivity contribution in [1.82, 2.24) is 5.32 Å². The summed E-state index contributed by atoms with van der Waals surface area (Å²) in [4.78, 5) is 10.9. The lowest BCUT2D eigenvalue weighted by atomic mass is 10.1. The van der Waals surface area contributed by atoms with Crippen LogP contribution in [-0.4, -0.2) is 25.5 Å². The van der Waals surface area contributed by atoms with Gasteiger partial charge in [-0.1, -0.05) is 0 Å². The van der Waals surface area contributed by atoms with Crippen molar-refractivity contribution >= 4 is 5.78 Å². The maximum absolute atomic E-state index is 13.5. The average Bonchev–Trinajstić information content (AvgIpc) is 2.30. The maximum Gasteiger partial charge on any atom is 0.130 e. The molecule has 0 radical (unpaired) electrons. The minimum absolute atomic E-state index is 0.0149. The second kappa shape index (κ2) is 7.11. The Morgan fingerprint density at radius 1 is 1.50 bits per heavy atom. The number of nitrogens with one attached hydrogen (secondary N) is 1.